The molecule has 0 aromatic rings. The molecule has 1 rings (SSSR count). The van der Waals surface area contributed by atoms with E-state index in [9.17, 15) is 0 Å². The molecule has 2 heteroatoms. The van der Waals surface area contributed by atoms with Crippen molar-refractivity contribution in [2.24, 2.45) is 4.99 Å². The van der Waals surface area contributed by atoms with Crippen molar-refractivity contribution in [3.8, 4) is 0 Å². The van der Waals surface area contributed by atoms with Gasteiger partial charge in [-0.2, -0.15) is 0 Å². The van der Waals surface area contributed by atoms with Gasteiger partial charge in [-0.1, -0.05) is 0 Å². The second-order valence-electron chi connectivity index (χ2n) is 2.96. The Bertz CT molecular complexity index is 120. The van der Waals surface area contributed by atoms with Crippen LogP contribution in [-0.2, 0) is 0 Å². The highest BCUT2D eigenvalue weighted by Gasteiger charge is 2.13. The highest BCUT2D eigenvalue weighted by molar-refractivity contribution is 5.55. The molecule has 2 nitrogen and oxygen atoms in total. The van der Waals surface area contributed by atoms with Crippen LogP contribution in [0.2, 0.25) is 0 Å². The van der Waals surface area contributed by atoms with Crippen molar-refractivity contribution in [2.75, 3.05) is 13.6 Å². The summed E-state index contributed by atoms with van der Waals surface area (Å²) < 4.78 is 0. The molecule has 0 spiro atoms. The zero-order valence-corrected chi connectivity index (χ0v) is 6.88. The molecule has 1 fully saturated rings. The van der Waals surface area contributed by atoms with Crippen LogP contribution in [0.1, 0.15) is 26.2 Å². The Morgan fingerprint density at radius 1 is 1.50 bits per heavy atom. The van der Waals surface area contributed by atoms with Crippen LogP contribution in [-0.4, -0.2) is 30.9 Å². The smallest absolute Gasteiger partial charge is 0.0848 e. The average molecular weight is 140 g/mol. The molecule has 0 amide bonds. The van der Waals surface area contributed by atoms with Gasteiger partial charge in [0.2, 0.25) is 0 Å². The highest BCUT2D eigenvalue weighted by Crippen LogP contribution is 2.13. The third-order valence-corrected chi connectivity index (χ3v) is 2.12. The maximum Gasteiger partial charge on any atom is 0.0848 e. The number of aliphatic imine (C=N–C) groups is 1. The van der Waals surface area contributed by atoms with E-state index in [1.807, 2.05) is 13.4 Å². The molecule has 0 aromatic carbocycles. The molecular weight excluding hydrogens is 124 g/mol. The molecule has 0 bridgehead atoms. The summed E-state index contributed by atoms with van der Waals surface area (Å²) in [6.45, 7) is 3.46. The molecule has 0 N–H and O–H groups in total. The lowest BCUT2D eigenvalue weighted by Crippen LogP contribution is -2.36. The maximum atomic E-state index is 4.01. The van der Waals surface area contributed by atoms with Crippen LogP contribution in [0.3, 0.4) is 0 Å². The third kappa shape index (κ3) is 1.72. The normalized spacial score (nSPS) is 27.8. The molecule has 1 aliphatic rings. The topological polar surface area (TPSA) is 15.6 Å². The van der Waals surface area contributed by atoms with Crippen molar-refractivity contribution in [1.82, 2.24) is 4.90 Å². The van der Waals surface area contributed by atoms with Crippen molar-refractivity contribution < 1.29 is 0 Å². The van der Waals surface area contributed by atoms with Gasteiger partial charge in [0, 0.05) is 19.6 Å². The molecule has 0 saturated carbocycles. The van der Waals surface area contributed by atoms with E-state index < -0.39 is 0 Å². The van der Waals surface area contributed by atoms with E-state index in [-0.39, 0.29) is 0 Å². The number of hydrogen-bond acceptors (Lipinski definition) is 1. The van der Waals surface area contributed by atoms with E-state index in [0.717, 1.165) is 0 Å². The zero-order valence-electron chi connectivity index (χ0n) is 6.88. The Hall–Kier alpha value is -0.530. The van der Waals surface area contributed by atoms with E-state index in [2.05, 4.69) is 16.8 Å². The Morgan fingerprint density at radius 3 is 2.90 bits per heavy atom. The Kier molecular flexibility index (Phi) is 2.72. The van der Waals surface area contributed by atoms with E-state index >= 15 is 0 Å². The minimum Gasteiger partial charge on any atom is -0.360 e. The van der Waals surface area contributed by atoms with Crippen LogP contribution in [0, 0.1) is 0 Å². The summed E-state index contributed by atoms with van der Waals surface area (Å²) in [5, 5.41) is 0. The fourth-order valence-corrected chi connectivity index (χ4v) is 1.44. The van der Waals surface area contributed by atoms with Crippen molar-refractivity contribution in [2.45, 2.75) is 32.2 Å². The monoisotopic (exact) mass is 140 g/mol. The number of likely N-dealkylation sites (tertiary alicyclic amines) is 1. The first-order chi connectivity index (χ1) is 4.84. The first-order valence-electron chi connectivity index (χ1n) is 4.02. The quantitative estimate of drug-likeness (QED) is 0.398. The number of rotatable bonds is 1. The number of nitrogens with zero attached hydrogens (tertiary/aromatic N) is 2. The second kappa shape index (κ2) is 3.59. The second-order valence-corrected chi connectivity index (χ2v) is 2.96. The molecule has 0 radical (unpaired) electrons. The highest BCUT2D eigenvalue weighted by atomic mass is 15.2. The molecule has 0 aromatic heterocycles. The van der Waals surface area contributed by atoms with Gasteiger partial charge in [-0.3, -0.25) is 4.99 Å². The summed E-state index contributed by atoms with van der Waals surface area (Å²) in [5.74, 6) is 0. The lowest BCUT2D eigenvalue weighted by molar-refractivity contribution is 0.265. The predicted octanol–water partition coefficient (Wildman–Crippen LogP) is 1.52. The summed E-state index contributed by atoms with van der Waals surface area (Å²) in [5.41, 5.74) is 0. The summed E-state index contributed by atoms with van der Waals surface area (Å²) in [6.07, 6.45) is 6.00. The number of piperidine rings is 1. The fraction of sp³-hybridized carbons (Fsp3) is 0.875. The largest absolute Gasteiger partial charge is 0.360 e. The third-order valence-electron chi connectivity index (χ3n) is 2.12. The summed E-state index contributed by atoms with van der Waals surface area (Å²) >= 11 is 0. The molecular formula is C8H16N2. The SMILES string of the molecule is CN=CN1CCCCC1C. The van der Waals surface area contributed by atoms with Crippen LogP contribution in [0.5, 0.6) is 0 Å². The predicted molar refractivity (Wildman–Crippen MR) is 44.4 cm³/mol. The molecule has 1 heterocycles. The zero-order chi connectivity index (χ0) is 7.40. The van der Waals surface area contributed by atoms with E-state index in [1.165, 1.54) is 25.8 Å². The fourth-order valence-electron chi connectivity index (χ4n) is 1.44. The maximum absolute atomic E-state index is 4.01. The van der Waals surface area contributed by atoms with Crippen molar-refractivity contribution >= 4 is 6.34 Å². The minimum absolute atomic E-state index is 0.706. The van der Waals surface area contributed by atoms with Gasteiger partial charge in [-0.25, -0.2) is 0 Å². The lowest BCUT2D eigenvalue weighted by atomic mass is 10.1. The van der Waals surface area contributed by atoms with Crippen LogP contribution in [0.25, 0.3) is 0 Å². The first-order valence-corrected chi connectivity index (χ1v) is 4.02. The molecule has 58 valence electrons. The molecule has 0 aliphatic carbocycles. The van der Waals surface area contributed by atoms with E-state index in [0.29, 0.717) is 6.04 Å². The van der Waals surface area contributed by atoms with Crippen LogP contribution in [0.4, 0.5) is 0 Å². The number of hydrogen-bond donors (Lipinski definition) is 0. The van der Waals surface area contributed by atoms with Gasteiger partial charge in [-0.15, -0.1) is 0 Å². The molecule has 10 heavy (non-hydrogen) atoms. The summed E-state index contributed by atoms with van der Waals surface area (Å²) in [6, 6.07) is 0.706. The van der Waals surface area contributed by atoms with E-state index in [4.69, 9.17) is 0 Å². The van der Waals surface area contributed by atoms with Gasteiger partial charge in [0.1, 0.15) is 0 Å². The molecule has 1 unspecified atom stereocenters. The van der Waals surface area contributed by atoms with Crippen molar-refractivity contribution in [3.63, 3.8) is 0 Å². The van der Waals surface area contributed by atoms with Gasteiger partial charge in [0.05, 0.1) is 6.34 Å². The van der Waals surface area contributed by atoms with Crippen molar-refractivity contribution in [3.05, 3.63) is 0 Å². The lowest BCUT2D eigenvalue weighted by Gasteiger charge is -2.31. The molecule has 1 aliphatic heterocycles. The average Bonchev–Trinajstić information content (AvgIpc) is 1.94. The van der Waals surface area contributed by atoms with Gasteiger partial charge < -0.3 is 4.90 Å². The van der Waals surface area contributed by atoms with Crippen LogP contribution < -0.4 is 0 Å². The summed E-state index contributed by atoms with van der Waals surface area (Å²) in [4.78, 5) is 6.33. The Morgan fingerprint density at radius 2 is 2.30 bits per heavy atom. The van der Waals surface area contributed by atoms with Gasteiger partial charge >= 0.3 is 0 Å². The Balaban J connectivity index is 2.39. The van der Waals surface area contributed by atoms with E-state index in [1.54, 1.807) is 0 Å². The molecule has 1 atom stereocenters. The van der Waals surface area contributed by atoms with Gasteiger partial charge in [0.25, 0.3) is 0 Å². The first kappa shape index (κ1) is 7.58. The van der Waals surface area contributed by atoms with Crippen molar-refractivity contribution in [1.29, 1.82) is 0 Å². The van der Waals surface area contributed by atoms with Crippen LogP contribution >= 0.6 is 0 Å². The van der Waals surface area contributed by atoms with Gasteiger partial charge in [0.15, 0.2) is 0 Å². The molecule has 1 saturated heterocycles. The standard InChI is InChI=1S/C8H16N2/c1-8-5-3-4-6-10(8)7-9-2/h7-8H,3-6H2,1-2H3. The summed E-state index contributed by atoms with van der Waals surface area (Å²) in [7, 11) is 1.83. The minimum atomic E-state index is 0.706. The van der Waals surface area contributed by atoms with Gasteiger partial charge in [-0.05, 0) is 26.2 Å². The Labute approximate surface area is 62.9 Å². The van der Waals surface area contributed by atoms with Crippen LogP contribution in [0.15, 0.2) is 4.99 Å².